The van der Waals surface area contributed by atoms with E-state index in [-0.39, 0.29) is 24.4 Å². The second-order valence-corrected chi connectivity index (χ2v) is 7.54. The molecule has 1 unspecified atom stereocenters. The zero-order valence-electron chi connectivity index (χ0n) is 9.20. The lowest BCUT2D eigenvalue weighted by molar-refractivity contribution is 0.0655. The van der Waals surface area contributed by atoms with E-state index < -0.39 is 0 Å². The molecule has 96 valence electrons. The smallest absolute Gasteiger partial charge is 0.256 e. The van der Waals surface area contributed by atoms with Gasteiger partial charge in [0.15, 0.2) is 0 Å². The summed E-state index contributed by atoms with van der Waals surface area (Å²) < 4.78 is 1.88. The van der Waals surface area contributed by atoms with Crippen LogP contribution >= 0.6 is 55.6 Å². The Morgan fingerprint density at radius 1 is 1.59 bits per heavy atom. The van der Waals surface area contributed by atoms with Gasteiger partial charge in [-0.05, 0) is 44.8 Å². The van der Waals surface area contributed by atoms with Crippen molar-refractivity contribution in [1.82, 2.24) is 10.2 Å². The average Bonchev–Trinajstić information content (AvgIpc) is 2.58. The maximum Gasteiger partial charge on any atom is 0.256 e. The Labute approximate surface area is 128 Å². The topological polar surface area (TPSA) is 32.3 Å². The van der Waals surface area contributed by atoms with Crippen LogP contribution in [0.1, 0.15) is 17.3 Å². The standard InChI is InChI=1S/C10H12Br2N2OS.ClH/c1-6-5-13-2-3-14(6)10(15)7-4-8(11)16-9(7)12;/h4,6,13H,2-3,5H2,1H3;1H. The summed E-state index contributed by atoms with van der Waals surface area (Å²) >= 11 is 8.36. The van der Waals surface area contributed by atoms with Crippen LogP contribution in [-0.4, -0.2) is 36.5 Å². The molecular formula is C10H13Br2ClN2OS. The Kier molecular flexibility index (Phi) is 5.92. The minimum Gasteiger partial charge on any atom is -0.333 e. The highest BCUT2D eigenvalue weighted by Crippen LogP contribution is 2.32. The van der Waals surface area contributed by atoms with Gasteiger partial charge in [-0.1, -0.05) is 0 Å². The van der Waals surface area contributed by atoms with Crippen molar-refractivity contribution in [2.75, 3.05) is 19.6 Å². The molecule has 0 bridgehead atoms. The van der Waals surface area contributed by atoms with Gasteiger partial charge < -0.3 is 10.2 Å². The van der Waals surface area contributed by atoms with E-state index in [2.05, 4.69) is 44.1 Å². The predicted molar refractivity (Wildman–Crippen MR) is 80.3 cm³/mol. The number of piperazine rings is 1. The van der Waals surface area contributed by atoms with E-state index in [9.17, 15) is 4.79 Å². The molecule has 0 radical (unpaired) electrons. The number of nitrogens with zero attached hydrogens (tertiary/aromatic N) is 1. The Morgan fingerprint density at radius 3 is 2.82 bits per heavy atom. The first-order chi connectivity index (χ1) is 7.59. The Balaban J connectivity index is 0.00000144. The van der Waals surface area contributed by atoms with Gasteiger partial charge >= 0.3 is 0 Å². The van der Waals surface area contributed by atoms with Crippen LogP contribution in [0.3, 0.4) is 0 Å². The first-order valence-corrected chi connectivity index (χ1v) is 7.46. The second-order valence-electron chi connectivity index (χ2n) is 3.79. The number of amides is 1. The van der Waals surface area contributed by atoms with Gasteiger partial charge in [0.05, 0.1) is 13.1 Å². The largest absolute Gasteiger partial charge is 0.333 e. The van der Waals surface area contributed by atoms with Crippen molar-refractivity contribution in [2.45, 2.75) is 13.0 Å². The molecule has 1 aliphatic heterocycles. The van der Waals surface area contributed by atoms with Crippen molar-refractivity contribution in [3.05, 3.63) is 19.2 Å². The first-order valence-electron chi connectivity index (χ1n) is 5.06. The van der Waals surface area contributed by atoms with Crippen LogP contribution in [0.4, 0.5) is 0 Å². The van der Waals surface area contributed by atoms with E-state index in [4.69, 9.17) is 0 Å². The summed E-state index contributed by atoms with van der Waals surface area (Å²) in [4.78, 5) is 14.2. The lowest BCUT2D eigenvalue weighted by Gasteiger charge is -2.33. The van der Waals surface area contributed by atoms with Crippen LogP contribution in [0.2, 0.25) is 0 Å². The third kappa shape index (κ3) is 3.44. The van der Waals surface area contributed by atoms with Gasteiger partial charge in [-0.3, -0.25) is 4.79 Å². The van der Waals surface area contributed by atoms with Crippen LogP contribution < -0.4 is 5.32 Å². The summed E-state index contributed by atoms with van der Waals surface area (Å²) in [6, 6.07) is 2.14. The van der Waals surface area contributed by atoms with Gasteiger partial charge in [-0.2, -0.15) is 0 Å². The molecule has 3 nitrogen and oxygen atoms in total. The normalized spacial score (nSPS) is 19.9. The number of hydrogen-bond donors (Lipinski definition) is 1. The van der Waals surface area contributed by atoms with Gasteiger partial charge in [0.1, 0.15) is 0 Å². The molecule has 1 amide bonds. The summed E-state index contributed by atoms with van der Waals surface area (Å²) in [5.74, 6) is 0.114. The summed E-state index contributed by atoms with van der Waals surface area (Å²) in [7, 11) is 0. The van der Waals surface area contributed by atoms with Gasteiger partial charge in [0, 0.05) is 25.7 Å². The molecule has 1 saturated heterocycles. The van der Waals surface area contributed by atoms with Crippen LogP contribution in [0.15, 0.2) is 13.6 Å². The number of carbonyl (C=O) groups excluding carboxylic acids is 1. The van der Waals surface area contributed by atoms with Gasteiger partial charge in [0.25, 0.3) is 5.91 Å². The SMILES string of the molecule is CC1CNCCN1C(=O)c1cc(Br)sc1Br.Cl. The third-order valence-electron chi connectivity index (χ3n) is 2.65. The summed E-state index contributed by atoms with van der Waals surface area (Å²) in [6.07, 6.45) is 0. The third-order valence-corrected chi connectivity index (χ3v) is 4.99. The second kappa shape index (κ2) is 6.52. The molecule has 1 atom stereocenters. The van der Waals surface area contributed by atoms with Crippen molar-refractivity contribution in [1.29, 1.82) is 0 Å². The summed E-state index contributed by atoms with van der Waals surface area (Å²) in [5.41, 5.74) is 0.755. The minimum absolute atomic E-state index is 0. The Hall–Kier alpha value is 0.380. The summed E-state index contributed by atoms with van der Waals surface area (Å²) in [6.45, 7) is 4.59. The molecule has 0 aliphatic carbocycles. The van der Waals surface area contributed by atoms with E-state index >= 15 is 0 Å². The molecule has 1 aromatic heterocycles. The van der Waals surface area contributed by atoms with Crippen molar-refractivity contribution >= 4 is 61.5 Å². The lowest BCUT2D eigenvalue weighted by Crippen LogP contribution is -2.52. The average molecular weight is 405 g/mol. The van der Waals surface area contributed by atoms with Gasteiger partial charge in [-0.25, -0.2) is 0 Å². The van der Waals surface area contributed by atoms with Crippen molar-refractivity contribution in [2.24, 2.45) is 0 Å². The van der Waals surface area contributed by atoms with Crippen LogP contribution in [0.25, 0.3) is 0 Å². The minimum atomic E-state index is 0. The molecule has 1 aromatic rings. The number of nitrogens with one attached hydrogen (secondary N) is 1. The fourth-order valence-corrected chi connectivity index (χ4v) is 4.56. The summed E-state index contributed by atoms with van der Waals surface area (Å²) in [5, 5.41) is 3.28. The Bertz CT molecular complexity index is 413. The number of thiophene rings is 1. The molecule has 1 aliphatic rings. The van der Waals surface area contributed by atoms with Crippen molar-refractivity contribution in [3.8, 4) is 0 Å². The van der Waals surface area contributed by atoms with Crippen LogP contribution in [-0.2, 0) is 0 Å². The van der Waals surface area contributed by atoms with E-state index in [0.717, 1.165) is 32.8 Å². The molecule has 0 saturated carbocycles. The predicted octanol–water partition coefficient (Wildman–Crippen LogP) is 3.13. The maximum absolute atomic E-state index is 12.3. The number of rotatable bonds is 1. The molecule has 2 rings (SSSR count). The van der Waals surface area contributed by atoms with Crippen LogP contribution in [0.5, 0.6) is 0 Å². The molecule has 0 spiro atoms. The molecule has 7 heteroatoms. The molecule has 2 heterocycles. The molecule has 0 aromatic carbocycles. The van der Waals surface area contributed by atoms with Crippen molar-refractivity contribution < 1.29 is 4.79 Å². The van der Waals surface area contributed by atoms with E-state index in [1.165, 1.54) is 11.3 Å². The van der Waals surface area contributed by atoms with E-state index in [1.54, 1.807) is 0 Å². The maximum atomic E-state index is 12.3. The quantitative estimate of drug-likeness (QED) is 0.780. The van der Waals surface area contributed by atoms with Crippen molar-refractivity contribution in [3.63, 3.8) is 0 Å². The van der Waals surface area contributed by atoms with Crippen LogP contribution in [0, 0.1) is 0 Å². The molecule has 1 N–H and O–H groups in total. The highest BCUT2D eigenvalue weighted by molar-refractivity contribution is 9.12. The highest BCUT2D eigenvalue weighted by atomic mass is 79.9. The highest BCUT2D eigenvalue weighted by Gasteiger charge is 2.26. The monoisotopic (exact) mass is 402 g/mol. The fourth-order valence-electron chi connectivity index (χ4n) is 1.78. The number of carbonyl (C=O) groups is 1. The van der Waals surface area contributed by atoms with Gasteiger partial charge in [-0.15, -0.1) is 23.7 Å². The fraction of sp³-hybridized carbons (Fsp3) is 0.500. The molecule has 1 fully saturated rings. The van der Waals surface area contributed by atoms with E-state index in [1.807, 2.05) is 11.0 Å². The van der Waals surface area contributed by atoms with E-state index in [0.29, 0.717) is 0 Å². The zero-order valence-corrected chi connectivity index (χ0v) is 14.0. The molecular weight excluding hydrogens is 391 g/mol. The Morgan fingerprint density at radius 2 is 2.29 bits per heavy atom. The number of halogens is 3. The first kappa shape index (κ1) is 15.4. The zero-order chi connectivity index (χ0) is 11.7. The number of hydrogen-bond acceptors (Lipinski definition) is 3. The lowest BCUT2D eigenvalue weighted by atomic mass is 10.2. The molecule has 17 heavy (non-hydrogen) atoms. The van der Waals surface area contributed by atoms with Gasteiger partial charge in [0.2, 0.25) is 0 Å².